The number of benzene rings is 1. The molecule has 2 aromatic heterocycles. The Morgan fingerprint density at radius 2 is 1.92 bits per heavy atom. The van der Waals surface area contributed by atoms with Crippen molar-refractivity contribution in [2.24, 2.45) is 5.10 Å². The molecule has 190 valence electrons. The van der Waals surface area contributed by atoms with Gasteiger partial charge in [0.2, 0.25) is 5.91 Å². The van der Waals surface area contributed by atoms with E-state index >= 15 is 0 Å². The highest BCUT2D eigenvalue weighted by Crippen LogP contribution is 2.32. The van der Waals surface area contributed by atoms with Crippen molar-refractivity contribution in [1.29, 1.82) is 0 Å². The van der Waals surface area contributed by atoms with Crippen LogP contribution in [0.25, 0.3) is 0 Å². The average molecular weight is 517 g/mol. The molecular formula is C25H27F3N6OS. The van der Waals surface area contributed by atoms with Crippen molar-refractivity contribution in [2.45, 2.75) is 50.9 Å². The summed E-state index contributed by atoms with van der Waals surface area (Å²) in [5.41, 5.74) is 1.60. The van der Waals surface area contributed by atoms with Crippen LogP contribution in [0.5, 0.6) is 0 Å². The standard InChI is InChI=1S/C25H27F3N6OS/c1-17-11-22(25(26,27)28)31-34(17)15-23(35)32-9-7-19(8-10-32)24-30-21(16-36-24)14-33-13-20(12-29-33)18-5-3-2-4-6-18/h2-6,11-12,16,19-20H,7-10,13-15H2,1H3. The first-order valence-electron chi connectivity index (χ1n) is 11.9. The smallest absolute Gasteiger partial charge is 0.341 e. The van der Waals surface area contributed by atoms with E-state index in [0.29, 0.717) is 25.3 Å². The van der Waals surface area contributed by atoms with Gasteiger partial charge in [-0.05, 0) is 31.4 Å². The second-order valence-corrected chi connectivity index (χ2v) is 10.2. The first kappa shape index (κ1) is 24.5. The van der Waals surface area contributed by atoms with E-state index in [1.54, 1.807) is 16.2 Å². The number of thiazole rings is 1. The topological polar surface area (TPSA) is 66.6 Å². The first-order valence-corrected chi connectivity index (χ1v) is 12.8. The highest BCUT2D eigenvalue weighted by molar-refractivity contribution is 7.09. The van der Waals surface area contributed by atoms with E-state index in [9.17, 15) is 18.0 Å². The van der Waals surface area contributed by atoms with E-state index in [1.807, 2.05) is 29.4 Å². The van der Waals surface area contributed by atoms with Gasteiger partial charge in [-0.1, -0.05) is 30.3 Å². The van der Waals surface area contributed by atoms with Crippen LogP contribution >= 0.6 is 11.3 Å². The maximum Gasteiger partial charge on any atom is 0.435 e. The Morgan fingerprint density at radius 1 is 1.17 bits per heavy atom. The number of aromatic nitrogens is 3. The van der Waals surface area contributed by atoms with Crippen LogP contribution < -0.4 is 0 Å². The van der Waals surface area contributed by atoms with Gasteiger partial charge in [-0.25, -0.2) is 4.98 Å². The summed E-state index contributed by atoms with van der Waals surface area (Å²) in [6.07, 6.45) is -0.968. The predicted molar refractivity (Wildman–Crippen MR) is 131 cm³/mol. The molecule has 36 heavy (non-hydrogen) atoms. The molecule has 0 spiro atoms. The van der Waals surface area contributed by atoms with E-state index in [1.165, 1.54) is 12.5 Å². The number of amides is 1. The van der Waals surface area contributed by atoms with E-state index in [4.69, 9.17) is 4.98 Å². The molecule has 1 saturated heterocycles. The van der Waals surface area contributed by atoms with Crippen LogP contribution in [0.3, 0.4) is 0 Å². The van der Waals surface area contributed by atoms with E-state index in [2.05, 4.69) is 27.7 Å². The number of hydrogen-bond acceptors (Lipinski definition) is 6. The molecule has 5 rings (SSSR count). The molecule has 1 amide bonds. The minimum atomic E-state index is -4.52. The molecule has 0 saturated carbocycles. The van der Waals surface area contributed by atoms with Crippen molar-refractivity contribution in [3.63, 3.8) is 0 Å². The van der Waals surface area contributed by atoms with Crippen LogP contribution in [0.15, 0.2) is 46.9 Å². The lowest BCUT2D eigenvalue weighted by molar-refractivity contribution is -0.142. The third kappa shape index (κ3) is 5.45. The third-order valence-corrected chi connectivity index (χ3v) is 7.77. The summed E-state index contributed by atoms with van der Waals surface area (Å²) in [5.74, 6) is 0.347. The highest BCUT2D eigenvalue weighted by Gasteiger charge is 2.35. The van der Waals surface area contributed by atoms with Crippen LogP contribution in [-0.4, -0.2) is 56.4 Å². The van der Waals surface area contributed by atoms with Crippen molar-refractivity contribution in [1.82, 2.24) is 24.7 Å². The third-order valence-electron chi connectivity index (χ3n) is 6.71. The Kier molecular flexibility index (Phi) is 6.83. The van der Waals surface area contributed by atoms with E-state index in [0.717, 1.165) is 40.8 Å². The average Bonchev–Trinajstić information content (AvgIpc) is 3.61. The zero-order valence-corrected chi connectivity index (χ0v) is 20.7. The molecule has 2 aliphatic heterocycles. The van der Waals surface area contributed by atoms with Gasteiger partial charge in [-0.2, -0.15) is 23.4 Å². The maximum atomic E-state index is 12.9. The number of nitrogens with zero attached hydrogens (tertiary/aromatic N) is 6. The quantitative estimate of drug-likeness (QED) is 0.478. The van der Waals surface area contributed by atoms with Gasteiger partial charge < -0.3 is 4.90 Å². The highest BCUT2D eigenvalue weighted by atomic mass is 32.1. The van der Waals surface area contributed by atoms with Crippen LogP contribution in [0.4, 0.5) is 13.2 Å². The fourth-order valence-corrected chi connectivity index (χ4v) is 5.66. The summed E-state index contributed by atoms with van der Waals surface area (Å²) in [7, 11) is 0. The number of carbonyl (C=O) groups excluding carboxylic acids is 1. The predicted octanol–water partition coefficient (Wildman–Crippen LogP) is 4.66. The Bertz CT molecular complexity index is 1230. The molecule has 1 unspecified atom stereocenters. The molecule has 1 fully saturated rings. The minimum absolute atomic E-state index is 0.186. The van der Waals surface area contributed by atoms with Gasteiger partial charge in [-0.15, -0.1) is 11.3 Å². The van der Waals surface area contributed by atoms with Gasteiger partial charge in [0, 0.05) is 48.8 Å². The van der Waals surface area contributed by atoms with Gasteiger partial charge in [0.15, 0.2) is 5.69 Å². The molecule has 1 aromatic carbocycles. The zero-order valence-electron chi connectivity index (χ0n) is 19.9. The number of hydrazone groups is 1. The van der Waals surface area contributed by atoms with Crippen LogP contribution in [0, 0.1) is 6.92 Å². The van der Waals surface area contributed by atoms with Crippen molar-refractivity contribution >= 4 is 23.5 Å². The monoisotopic (exact) mass is 516 g/mol. The normalized spacial score (nSPS) is 18.8. The van der Waals surface area contributed by atoms with Gasteiger partial charge >= 0.3 is 6.18 Å². The molecule has 3 aromatic rings. The molecule has 0 radical (unpaired) electrons. The van der Waals surface area contributed by atoms with E-state index < -0.39 is 11.9 Å². The summed E-state index contributed by atoms with van der Waals surface area (Å²) >= 11 is 1.64. The Labute approximate surface area is 211 Å². The lowest BCUT2D eigenvalue weighted by Gasteiger charge is -2.31. The summed E-state index contributed by atoms with van der Waals surface area (Å²) < 4.78 is 39.8. The lowest BCUT2D eigenvalue weighted by atomic mass is 9.97. The SMILES string of the molecule is Cc1cc(C(F)(F)F)nn1CC(=O)N1CCC(c2nc(CN3CC(c4ccccc4)C=N3)cs2)CC1. The fourth-order valence-electron chi connectivity index (χ4n) is 4.68. The van der Waals surface area contributed by atoms with Gasteiger partial charge in [0.05, 0.1) is 17.2 Å². The minimum Gasteiger partial charge on any atom is -0.341 e. The summed E-state index contributed by atoms with van der Waals surface area (Å²) in [6, 6.07) is 11.3. The number of carbonyl (C=O) groups is 1. The van der Waals surface area contributed by atoms with Crippen LogP contribution in [-0.2, 0) is 24.1 Å². The summed E-state index contributed by atoms with van der Waals surface area (Å²) in [6.45, 7) is 3.94. The van der Waals surface area contributed by atoms with Gasteiger partial charge in [0.1, 0.15) is 6.54 Å². The molecule has 0 bridgehead atoms. The molecule has 7 nitrogen and oxygen atoms in total. The van der Waals surface area contributed by atoms with E-state index in [-0.39, 0.29) is 24.3 Å². The zero-order chi connectivity index (χ0) is 25.3. The second kappa shape index (κ2) is 10.0. The van der Waals surface area contributed by atoms with Crippen molar-refractivity contribution in [2.75, 3.05) is 19.6 Å². The number of rotatable bonds is 6. The largest absolute Gasteiger partial charge is 0.435 e. The first-order chi connectivity index (χ1) is 17.3. The Hall–Kier alpha value is -3.21. The summed E-state index contributed by atoms with van der Waals surface area (Å²) in [5, 5.41) is 13.3. The fraction of sp³-hybridized carbons (Fsp3) is 0.440. The molecule has 2 aliphatic rings. The number of alkyl halides is 3. The second-order valence-electron chi connectivity index (χ2n) is 9.29. The molecule has 0 N–H and O–H groups in total. The lowest BCUT2D eigenvalue weighted by Crippen LogP contribution is -2.40. The molecule has 4 heterocycles. The van der Waals surface area contributed by atoms with Gasteiger partial charge in [-0.3, -0.25) is 14.5 Å². The number of aryl methyl sites for hydroxylation is 1. The Balaban J connectivity index is 1.11. The van der Waals surface area contributed by atoms with Gasteiger partial charge in [0.25, 0.3) is 0 Å². The van der Waals surface area contributed by atoms with Crippen molar-refractivity contribution in [3.05, 3.63) is 69.4 Å². The number of piperidine rings is 1. The maximum absolute atomic E-state index is 12.9. The molecule has 1 atom stereocenters. The Morgan fingerprint density at radius 3 is 2.61 bits per heavy atom. The van der Waals surface area contributed by atoms with Crippen molar-refractivity contribution < 1.29 is 18.0 Å². The van der Waals surface area contributed by atoms with Crippen LogP contribution in [0.1, 0.15) is 52.3 Å². The number of hydrogen-bond donors (Lipinski definition) is 0. The molecule has 0 aliphatic carbocycles. The molecular weight excluding hydrogens is 489 g/mol. The number of likely N-dealkylation sites (tertiary alicyclic amines) is 1. The van der Waals surface area contributed by atoms with Crippen LogP contribution in [0.2, 0.25) is 0 Å². The summed E-state index contributed by atoms with van der Waals surface area (Å²) in [4.78, 5) is 19.3. The number of halogens is 3. The molecule has 11 heteroatoms. The van der Waals surface area contributed by atoms with Crippen molar-refractivity contribution in [3.8, 4) is 0 Å².